The monoisotopic (exact) mass is 340 g/mol. The van der Waals surface area contributed by atoms with Crippen molar-refractivity contribution in [1.29, 1.82) is 0 Å². The predicted molar refractivity (Wildman–Crippen MR) is 84.4 cm³/mol. The van der Waals surface area contributed by atoms with Gasteiger partial charge in [0.05, 0.1) is 7.11 Å². The van der Waals surface area contributed by atoms with Crippen molar-refractivity contribution in [2.24, 2.45) is 0 Å². The van der Waals surface area contributed by atoms with E-state index in [1.54, 1.807) is 14.0 Å². The van der Waals surface area contributed by atoms with Crippen LogP contribution in [0.4, 0.5) is 5.69 Å². The molecule has 1 aliphatic heterocycles. The standard InChI is InChI=1S/C15H21BrN2O2/c1-10-8-17(9-11(2)18(10)12(3)19)14-5-13(16)6-15(7-14)20-4/h5-7,10-11H,8-9H2,1-4H3. The summed E-state index contributed by atoms with van der Waals surface area (Å²) in [5.41, 5.74) is 1.12. The molecule has 0 radical (unpaired) electrons. The first kappa shape index (κ1) is 15.2. The van der Waals surface area contributed by atoms with E-state index in [1.165, 1.54) is 0 Å². The van der Waals surface area contributed by atoms with Crippen LogP contribution < -0.4 is 9.64 Å². The van der Waals surface area contributed by atoms with Gasteiger partial charge in [-0.2, -0.15) is 0 Å². The lowest BCUT2D eigenvalue weighted by atomic mass is 10.1. The number of hydrogen-bond acceptors (Lipinski definition) is 3. The molecular formula is C15H21BrN2O2. The quantitative estimate of drug-likeness (QED) is 0.829. The highest BCUT2D eigenvalue weighted by atomic mass is 79.9. The number of benzene rings is 1. The molecule has 2 rings (SSSR count). The van der Waals surface area contributed by atoms with E-state index < -0.39 is 0 Å². The highest BCUT2D eigenvalue weighted by Gasteiger charge is 2.31. The van der Waals surface area contributed by atoms with Gasteiger partial charge < -0.3 is 14.5 Å². The zero-order valence-electron chi connectivity index (χ0n) is 12.4. The zero-order valence-corrected chi connectivity index (χ0v) is 14.0. The number of carbonyl (C=O) groups excluding carboxylic acids is 1. The van der Waals surface area contributed by atoms with Gasteiger partial charge in [-0.3, -0.25) is 4.79 Å². The van der Waals surface area contributed by atoms with Gasteiger partial charge in [-0.05, 0) is 26.0 Å². The lowest BCUT2D eigenvalue weighted by Crippen LogP contribution is -2.58. The maximum absolute atomic E-state index is 11.7. The first-order valence-electron chi connectivity index (χ1n) is 6.80. The molecule has 1 fully saturated rings. The van der Waals surface area contributed by atoms with Crippen molar-refractivity contribution in [2.75, 3.05) is 25.1 Å². The summed E-state index contributed by atoms with van der Waals surface area (Å²) in [5.74, 6) is 0.986. The number of piperazine rings is 1. The van der Waals surface area contributed by atoms with Gasteiger partial charge in [-0.15, -0.1) is 0 Å². The maximum atomic E-state index is 11.7. The molecule has 1 aromatic rings. The fraction of sp³-hybridized carbons (Fsp3) is 0.533. The molecular weight excluding hydrogens is 320 g/mol. The van der Waals surface area contributed by atoms with Gasteiger partial charge in [-0.1, -0.05) is 15.9 Å². The van der Waals surface area contributed by atoms with E-state index in [-0.39, 0.29) is 18.0 Å². The second kappa shape index (κ2) is 6.04. The third-order valence-electron chi connectivity index (χ3n) is 3.74. The molecule has 0 aromatic heterocycles. The molecule has 5 heteroatoms. The molecule has 2 unspecified atom stereocenters. The van der Waals surface area contributed by atoms with Crippen molar-refractivity contribution < 1.29 is 9.53 Å². The van der Waals surface area contributed by atoms with Crippen molar-refractivity contribution in [3.63, 3.8) is 0 Å². The van der Waals surface area contributed by atoms with Crippen LogP contribution in [-0.2, 0) is 4.79 Å². The molecule has 4 nitrogen and oxygen atoms in total. The van der Waals surface area contributed by atoms with Gasteiger partial charge in [0, 0.05) is 48.3 Å². The number of hydrogen-bond donors (Lipinski definition) is 0. The SMILES string of the molecule is COc1cc(Br)cc(N2CC(C)N(C(C)=O)C(C)C2)c1. The second-order valence-electron chi connectivity index (χ2n) is 5.38. The minimum atomic E-state index is 0.150. The molecule has 1 aromatic carbocycles. The number of anilines is 1. The molecule has 1 saturated heterocycles. The van der Waals surface area contributed by atoms with Crippen LogP contribution in [0.2, 0.25) is 0 Å². The summed E-state index contributed by atoms with van der Waals surface area (Å²) in [6, 6.07) is 6.49. The first-order chi connectivity index (χ1) is 9.42. The van der Waals surface area contributed by atoms with E-state index in [0.29, 0.717) is 0 Å². The van der Waals surface area contributed by atoms with Crippen LogP contribution in [-0.4, -0.2) is 43.1 Å². The topological polar surface area (TPSA) is 32.8 Å². The smallest absolute Gasteiger partial charge is 0.220 e. The Morgan fingerprint density at radius 3 is 2.35 bits per heavy atom. The van der Waals surface area contributed by atoms with Crippen molar-refractivity contribution in [2.45, 2.75) is 32.9 Å². The zero-order chi connectivity index (χ0) is 14.9. The predicted octanol–water partition coefficient (Wildman–Crippen LogP) is 2.90. The number of halogens is 1. The highest BCUT2D eigenvalue weighted by Crippen LogP contribution is 2.29. The Morgan fingerprint density at radius 2 is 1.85 bits per heavy atom. The van der Waals surface area contributed by atoms with Crippen molar-refractivity contribution in [1.82, 2.24) is 4.90 Å². The summed E-state index contributed by atoms with van der Waals surface area (Å²) < 4.78 is 6.32. The summed E-state index contributed by atoms with van der Waals surface area (Å²) in [6.45, 7) is 7.51. The van der Waals surface area contributed by atoms with Crippen LogP contribution in [0.5, 0.6) is 5.75 Å². The number of ether oxygens (including phenoxy) is 1. The Balaban J connectivity index is 2.23. The molecule has 1 amide bonds. The number of carbonyl (C=O) groups is 1. The molecule has 2 atom stereocenters. The summed E-state index contributed by atoms with van der Waals surface area (Å²) in [7, 11) is 1.67. The molecule has 20 heavy (non-hydrogen) atoms. The van der Waals surface area contributed by atoms with E-state index in [0.717, 1.165) is 29.0 Å². The largest absolute Gasteiger partial charge is 0.497 e. The van der Waals surface area contributed by atoms with E-state index in [4.69, 9.17) is 4.74 Å². The molecule has 110 valence electrons. The Hall–Kier alpha value is -1.23. The number of nitrogens with zero attached hydrogens (tertiary/aromatic N) is 2. The Labute approximate surface area is 128 Å². The average Bonchev–Trinajstić information content (AvgIpc) is 2.36. The minimum absolute atomic E-state index is 0.150. The van der Waals surface area contributed by atoms with Crippen LogP contribution in [0.3, 0.4) is 0 Å². The van der Waals surface area contributed by atoms with E-state index in [9.17, 15) is 4.79 Å². The van der Waals surface area contributed by atoms with Crippen LogP contribution in [0.1, 0.15) is 20.8 Å². The first-order valence-corrected chi connectivity index (χ1v) is 7.60. The fourth-order valence-electron chi connectivity index (χ4n) is 3.00. The lowest BCUT2D eigenvalue weighted by molar-refractivity contribution is -0.133. The van der Waals surface area contributed by atoms with Crippen LogP contribution in [0.25, 0.3) is 0 Å². The molecule has 1 aliphatic rings. The van der Waals surface area contributed by atoms with Gasteiger partial charge in [0.1, 0.15) is 5.75 Å². The number of rotatable bonds is 2. The molecule has 1 heterocycles. The van der Waals surface area contributed by atoms with Crippen LogP contribution >= 0.6 is 15.9 Å². The minimum Gasteiger partial charge on any atom is -0.497 e. The molecule has 0 bridgehead atoms. The normalized spacial score (nSPS) is 22.9. The van der Waals surface area contributed by atoms with Crippen molar-refractivity contribution in [3.05, 3.63) is 22.7 Å². The van der Waals surface area contributed by atoms with Crippen molar-refractivity contribution in [3.8, 4) is 5.75 Å². The van der Waals surface area contributed by atoms with Crippen LogP contribution in [0, 0.1) is 0 Å². The van der Waals surface area contributed by atoms with E-state index >= 15 is 0 Å². The molecule has 0 spiro atoms. The summed E-state index contributed by atoms with van der Waals surface area (Å²) >= 11 is 3.51. The maximum Gasteiger partial charge on any atom is 0.220 e. The second-order valence-corrected chi connectivity index (χ2v) is 6.29. The van der Waals surface area contributed by atoms with E-state index in [2.05, 4.69) is 40.7 Å². The Morgan fingerprint density at radius 1 is 1.25 bits per heavy atom. The average molecular weight is 341 g/mol. The van der Waals surface area contributed by atoms with Crippen LogP contribution in [0.15, 0.2) is 22.7 Å². The molecule has 0 saturated carbocycles. The molecule has 0 aliphatic carbocycles. The third kappa shape index (κ3) is 3.08. The Bertz CT molecular complexity index is 495. The van der Waals surface area contributed by atoms with Gasteiger partial charge in [0.2, 0.25) is 5.91 Å². The summed E-state index contributed by atoms with van der Waals surface area (Å²) in [4.78, 5) is 16.0. The summed E-state index contributed by atoms with van der Waals surface area (Å²) in [6.07, 6.45) is 0. The number of amides is 1. The third-order valence-corrected chi connectivity index (χ3v) is 4.20. The fourth-order valence-corrected chi connectivity index (χ4v) is 3.46. The van der Waals surface area contributed by atoms with E-state index in [1.807, 2.05) is 17.0 Å². The summed E-state index contributed by atoms with van der Waals surface area (Å²) in [5, 5.41) is 0. The number of methoxy groups -OCH3 is 1. The molecule has 0 N–H and O–H groups in total. The van der Waals surface area contributed by atoms with Gasteiger partial charge in [0.25, 0.3) is 0 Å². The van der Waals surface area contributed by atoms with Gasteiger partial charge in [-0.25, -0.2) is 0 Å². The lowest BCUT2D eigenvalue weighted by Gasteiger charge is -2.45. The highest BCUT2D eigenvalue weighted by molar-refractivity contribution is 9.10. The Kier molecular flexibility index (Phi) is 4.58. The van der Waals surface area contributed by atoms with Gasteiger partial charge in [0.15, 0.2) is 0 Å². The van der Waals surface area contributed by atoms with Crippen molar-refractivity contribution >= 4 is 27.5 Å². The van der Waals surface area contributed by atoms with Gasteiger partial charge >= 0.3 is 0 Å².